The number of aromatic nitrogens is 1. The highest BCUT2D eigenvalue weighted by Gasteiger charge is 2.12. The molecule has 0 spiro atoms. The van der Waals surface area contributed by atoms with Crippen LogP contribution in [0.3, 0.4) is 0 Å². The van der Waals surface area contributed by atoms with E-state index in [-0.39, 0.29) is 0 Å². The van der Waals surface area contributed by atoms with E-state index < -0.39 is 0 Å². The van der Waals surface area contributed by atoms with Crippen LogP contribution in [0.1, 0.15) is 23.3 Å². The van der Waals surface area contributed by atoms with Crippen LogP contribution in [-0.2, 0) is 0 Å². The van der Waals surface area contributed by atoms with E-state index in [4.69, 9.17) is 15.7 Å². The largest absolute Gasteiger partial charge is 0.495 e. The van der Waals surface area contributed by atoms with Gasteiger partial charge in [-0.05, 0) is 50.5 Å². The van der Waals surface area contributed by atoms with Crippen LogP contribution >= 0.6 is 11.3 Å². The summed E-state index contributed by atoms with van der Waals surface area (Å²) in [6.07, 6.45) is 3.09. The summed E-state index contributed by atoms with van der Waals surface area (Å²) in [6.45, 7) is 6.39. The molecule has 0 atom stereocenters. The third kappa shape index (κ3) is 6.39. The van der Waals surface area contributed by atoms with Crippen molar-refractivity contribution >= 4 is 34.1 Å². The number of rotatable bonds is 6. The number of nitrogens with two attached hydrogens (primary N) is 1. The average molecular weight is 464 g/mol. The Labute approximate surface area is 198 Å². The Morgan fingerprint density at radius 1 is 1.39 bits per heavy atom. The van der Waals surface area contributed by atoms with Crippen molar-refractivity contribution in [3.8, 4) is 22.4 Å². The molecule has 8 heteroatoms. The van der Waals surface area contributed by atoms with Gasteiger partial charge in [-0.25, -0.2) is 4.98 Å². The number of anilines is 1. The Morgan fingerprint density at radius 2 is 2.12 bits per heavy atom. The molecule has 0 unspecified atom stereocenters. The van der Waals surface area contributed by atoms with Crippen molar-refractivity contribution in [3.05, 3.63) is 53.6 Å². The minimum absolute atomic E-state index is 0.336. The zero-order valence-corrected chi connectivity index (χ0v) is 19.8. The van der Waals surface area contributed by atoms with Gasteiger partial charge in [-0.15, -0.1) is 11.3 Å². The third-order valence-electron chi connectivity index (χ3n) is 5.49. The fourth-order valence-electron chi connectivity index (χ4n) is 3.52. The van der Waals surface area contributed by atoms with Gasteiger partial charge in [-0.2, -0.15) is 5.26 Å². The van der Waals surface area contributed by atoms with E-state index in [9.17, 15) is 4.79 Å². The standard InChI is InChI=1S/C19H15N3O2S.C6H14N2/c1-12(8-20)9-21-18-16-7-14(19-22-15(10-23)11-25-19)4-3-13(16)5-6-17(18)24-2;1-8-4-2-6(7)3-5-8/h3-7,10-11,21H,1,9H2,2H3;6H,2-5,7H2,1H3. The van der Waals surface area contributed by atoms with Crippen molar-refractivity contribution < 1.29 is 9.53 Å². The van der Waals surface area contributed by atoms with Gasteiger partial charge in [0.25, 0.3) is 0 Å². The number of aldehydes is 1. The smallest absolute Gasteiger partial charge is 0.169 e. The molecule has 2 heterocycles. The number of thiazole rings is 1. The minimum atomic E-state index is 0.336. The number of carbonyl (C=O) groups is 1. The molecule has 3 aromatic rings. The molecule has 1 saturated heterocycles. The SMILES string of the molecule is C=C(C#N)CNc1c(OC)ccc2ccc(-c3nc(C=O)cs3)cc12.CN1CCC(N)CC1. The number of carbonyl (C=O) groups excluding carboxylic acids is 1. The molecule has 0 radical (unpaired) electrons. The van der Waals surface area contributed by atoms with E-state index in [0.717, 1.165) is 33.3 Å². The number of nitrogens with zero attached hydrogens (tertiary/aromatic N) is 3. The fourth-order valence-corrected chi connectivity index (χ4v) is 4.28. The first-order valence-corrected chi connectivity index (χ1v) is 11.6. The Bertz CT molecular complexity index is 1150. The number of nitriles is 1. The fraction of sp³-hybridized carbons (Fsp3) is 0.320. The van der Waals surface area contributed by atoms with Crippen LogP contribution in [0.4, 0.5) is 5.69 Å². The van der Waals surface area contributed by atoms with E-state index in [0.29, 0.717) is 29.6 Å². The lowest BCUT2D eigenvalue weighted by molar-refractivity contribution is 0.111. The van der Waals surface area contributed by atoms with Crippen molar-refractivity contribution in [2.24, 2.45) is 5.73 Å². The lowest BCUT2D eigenvalue weighted by atomic mass is 10.0. The van der Waals surface area contributed by atoms with Gasteiger partial charge in [-0.1, -0.05) is 24.8 Å². The summed E-state index contributed by atoms with van der Waals surface area (Å²) in [5, 5.41) is 16.6. The minimum Gasteiger partial charge on any atom is -0.495 e. The molecule has 0 saturated carbocycles. The van der Waals surface area contributed by atoms with Gasteiger partial charge in [0.15, 0.2) is 6.29 Å². The predicted molar refractivity (Wildman–Crippen MR) is 135 cm³/mol. The zero-order chi connectivity index (χ0) is 23.8. The molecular weight excluding hydrogens is 434 g/mol. The van der Waals surface area contributed by atoms with E-state index in [1.807, 2.05) is 36.4 Å². The van der Waals surface area contributed by atoms with Gasteiger partial charge in [0.2, 0.25) is 0 Å². The maximum absolute atomic E-state index is 10.9. The number of nitrogens with one attached hydrogen (secondary N) is 1. The van der Waals surface area contributed by atoms with E-state index in [1.165, 1.54) is 37.3 Å². The Balaban J connectivity index is 0.000000323. The number of hydrogen-bond acceptors (Lipinski definition) is 8. The number of piperidine rings is 1. The number of ether oxygens (including phenoxy) is 1. The zero-order valence-electron chi connectivity index (χ0n) is 19.0. The van der Waals surface area contributed by atoms with E-state index in [1.54, 1.807) is 12.5 Å². The van der Waals surface area contributed by atoms with Gasteiger partial charge in [0, 0.05) is 34.5 Å². The number of hydrogen-bond donors (Lipinski definition) is 2. The van der Waals surface area contributed by atoms with Gasteiger partial charge >= 0.3 is 0 Å². The Kier molecular flexibility index (Phi) is 8.55. The number of benzene rings is 2. The van der Waals surface area contributed by atoms with Crippen molar-refractivity contribution in [1.29, 1.82) is 5.26 Å². The van der Waals surface area contributed by atoms with Crippen LogP contribution in [0.5, 0.6) is 5.75 Å². The van der Waals surface area contributed by atoms with E-state index >= 15 is 0 Å². The van der Waals surface area contributed by atoms with Crippen LogP contribution in [0, 0.1) is 11.3 Å². The lowest BCUT2D eigenvalue weighted by Gasteiger charge is -2.25. The summed E-state index contributed by atoms with van der Waals surface area (Å²) >= 11 is 1.42. The summed E-state index contributed by atoms with van der Waals surface area (Å²) in [7, 11) is 3.75. The number of likely N-dealkylation sites (tertiary alicyclic amines) is 1. The van der Waals surface area contributed by atoms with Crippen LogP contribution in [-0.4, -0.2) is 56.0 Å². The molecule has 1 aromatic heterocycles. The quantitative estimate of drug-likeness (QED) is 0.414. The topological polar surface area (TPSA) is 104 Å². The second kappa shape index (κ2) is 11.6. The first-order valence-electron chi connectivity index (χ1n) is 10.7. The predicted octanol–water partition coefficient (Wildman–Crippen LogP) is 4.32. The molecular formula is C25H29N5O2S. The molecule has 7 nitrogen and oxygen atoms in total. The first-order chi connectivity index (χ1) is 15.9. The monoisotopic (exact) mass is 463 g/mol. The summed E-state index contributed by atoms with van der Waals surface area (Å²) in [5.41, 5.74) is 8.25. The highest BCUT2D eigenvalue weighted by Crippen LogP contribution is 2.36. The molecule has 1 fully saturated rings. The summed E-state index contributed by atoms with van der Waals surface area (Å²) < 4.78 is 5.45. The van der Waals surface area contributed by atoms with Crippen molar-refractivity contribution in [2.45, 2.75) is 18.9 Å². The molecule has 4 rings (SSSR count). The molecule has 33 heavy (non-hydrogen) atoms. The van der Waals surface area contributed by atoms with Gasteiger partial charge in [0.1, 0.15) is 16.5 Å². The number of methoxy groups -OCH3 is 1. The third-order valence-corrected chi connectivity index (χ3v) is 6.40. The molecule has 1 aliphatic heterocycles. The van der Waals surface area contributed by atoms with E-state index in [2.05, 4.69) is 28.8 Å². The maximum Gasteiger partial charge on any atom is 0.169 e. The van der Waals surface area contributed by atoms with Crippen molar-refractivity contribution in [1.82, 2.24) is 9.88 Å². The van der Waals surface area contributed by atoms with Gasteiger partial charge in [0.05, 0.1) is 18.9 Å². The highest BCUT2D eigenvalue weighted by atomic mass is 32.1. The van der Waals surface area contributed by atoms with Gasteiger partial charge in [-0.3, -0.25) is 4.79 Å². The second-order valence-corrected chi connectivity index (χ2v) is 8.84. The van der Waals surface area contributed by atoms with Crippen LogP contribution in [0.25, 0.3) is 21.3 Å². The van der Waals surface area contributed by atoms with Crippen LogP contribution in [0.2, 0.25) is 0 Å². The highest BCUT2D eigenvalue weighted by molar-refractivity contribution is 7.13. The van der Waals surface area contributed by atoms with Gasteiger partial charge < -0.3 is 20.7 Å². The molecule has 0 bridgehead atoms. The molecule has 3 N–H and O–H groups in total. The normalized spacial score (nSPS) is 14.1. The molecule has 2 aromatic carbocycles. The Morgan fingerprint density at radius 3 is 2.73 bits per heavy atom. The summed E-state index contributed by atoms with van der Waals surface area (Å²) in [5.74, 6) is 0.683. The van der Waals surface area contributed by atoms with Crippen LogP contribution < -0.4 is 15.8 Å². The lowest BCUT2D eigenvalue weighted by Crippen LogP contribution is -2.37. The molecule has 0 aliphatic carbocycles. The number of fused-ring (bicyclic) bond motifs is 1. The summed E-state index contributed by atoms with van der Waals surface area (Å²) in [6, 6.07) is 12.3. The first kappa shape index (κ1) is 24.4. The molecule has 1 aliphatic rings. The van der Waals surface area contributed by atoms with Crippen molar-refractivity contribution in [2.75, 3.05) is 39.1 Å². The molecule has 0 amide bonds. The summed E-state index contributed by atoms with van der Waals surface area (Å²) in [4.78, 5) is 17.5. The van der Waals surface area contributed by atoms with Crippen molar-refractivity contribution in [3.63, 3.8) is 0 Å². The van der Waals surface area contributed by atoms with Crippen LogP contribution in [0.15, 0.2) is 47.9 Å². The average Bonchev–Trinajstić information content (AvgIpc) is 3.33. The second-order valence-electron chi connectivity index (χ2n) is 7.98. The maximum atomic E-state index is 10.9. The molecule has 172 valence electrons. The Hall–Kier alpha value is -3.25.